The molecule has 0 aliphatic carbocycles. The molecule has 0 aromatic heterocycles. The van der Waals surface area contributed by atoms with Crippen molar-refractivity contribution in [3.8, 4) is 6.07 Å². The topological polar surface area (TPSA) is 56.1 Å². The molecule has 1 amide bonds. The van der Waals surface area contributed by atoms with Crippen LogP contribution in [-0.4, -0.2) is 20.0 Å². The van der Waals surface area contributed by atoms with Crippen molar-refractivity contribution in [3.05, 3.63) is 63.6 Å². The highest BCUT2D eigenvalue weighted by Gasteiger charge is 2.12. The van der Waals surface area contributed by atoms with Gasteiger partial charge >= 0.3 is 0 Å². The number of carbonyl (C=O) groups excluding carboxylic acids is 1. The maximum Gasteiger partial charge on any atom is 0.266 e. The van der Waals surface area contributed by atoms with E-state index in [1.54, 1.807) is 18.2 Å². The molecule has 0 aliphatic heterocycles. The first-order chi connectivity index (χ1) is 11.4. The molecule has 0 spiro atoms. The molecule has 1 N–H and O–H groups in total. The molecule has 24 heavy (non-hydrogen) atoms. The first-order valence-corrected chi connectivity index (χ1v) is 7.82. The Balaban J connectivity index is 2.22. The van der Waals surface area contributed by atoms with Gasteiger partial charge in [-0.05, 0) is 35.9 Å². The third kappa shape index (κ3) is 4.29. The molecule has 0 aliphatic rings. The fourth-order valence-electron chi connectivity index (χ4n) is 1.97. The average molecular weight is 360 g/mol. The van der Waals surface area contributed by atoms with Gasteiger partial charge in [-0.3, -0.25) is 4.79 Å². The van der Waals surface area contributed by atoms with Crippen LogP contribution >= 0.6 is 23.2 Å². The lowest BCUT2D eigenvalue weighted by Crippen LogP contribution is -2.13. The zero-order valence-corrected chi connectivity index (χ0v) is 14.7. The molecule has 6 heteroatoms. The van der Waals surface area contributed by atoms with E-state index < -0.39 is 5.91 Å². The largest absolute Gasteiger partial charge is 0.378 e. The lowest BCUT2D eigenvalue weighted by atomic mass is 10.1. The molecular formula is C18H15Cl2N3O. The molecule has 0 bridgehead atoms. The van der Waals surface area contributed by atoms with Crippen LogP contribution in [0.5, 0.6) is 0 Å². The van der Waals surface area contributed by atoms with Gasteiger partial charge in [0.05, 0.1) is 15.7 Å². The molecule has 0 radical (unpaired) electrons. The van der Waals surface area contributed by atoms with Crippen LogP contribution in [0.4, 0.5) is 11.4 Å². The molecule has 0 unspecified atom stereocenters. The van der Waals surface area contributed by atoms with Crippen LogP contribution in [0.1, 0.15) is 5.56 Å². The number of halogens is 2. The number of nitrogens with zero attached hydrogens (tertiary/aromatic N) is 2. The van der Waals surface area contributed by atoms with Gasteiger partial charge in [0.2, 0.25) is 0 Å². The van der Waals surface area contributed by atoms with Gasteiger partial charge in [-0.2, -0.15) is 5.26 Å². The number of hydrogen-bond acceptors (Lipinski definition) is 3. The van der Waals surface area contributed by atoms with Gasteiger partial charge in [0.15, 0.2) is 0 Å². The number of anilines is 2. The molecule has 0 fully saturated rings. The Bertz CT molecular complexity index is 821. The molecule has 0 saturated heterocycles. The van der Waals surface area contributed by atoms with E-state index in [2.05, 4.69) is 5.32 Å². The Morgan fingerprint density at radius 2 is 1.83 bits per heavy atom. The average Bonchev–Trinajstić information content (AvgIpc) is 2.57. The van der Waals surface area contributed by atoms with Crippen molar-refractivity contribution < 1.29 is 4.79 Å². The second-order valence-corrected chi connectivity index (χ2v) is 6.00. The number of benzene rings is 2. The number of hydrogen-bond donors (Lipinski definition) is 1. The van der Waals surface area contributed by atoms with Crippen molar-refractivity contribution in [2.75, 3.05) is 24.3 Å². The molecular weight excluding hydrogens is 345 g/mol. The summed E-state index contributed by atoms with van der Waals surface area (Å²) in [7, 11) is 3.88. The summed E-state index contributed by atoms with van der Waals surface area (Å²) in [4.78, 5) is 14.2. The van der Waals surface area contributed by atoms with Gasteiger partial charge in [0.25, 0.3) is 5.91 Å². The highest BCUT2D eigenvalue weighted by atomic mass is 35.5. The summed E-state index contributed by atoms with van der Waals surface area (Å²) in [6.45, 7) is 0. The zero-order chi connectivity index (χ0) is 17.7. The lowest BCUT2D eigenvalue weighted by Gasteiger charge is -2.12. The number of nitrogens with one attached hydrogen (secondary N) is 1. The van der Waals surface area contributed by atoms with Crippen molar-refractivity contribution in [3.63, 3.8) is 0 Å². The molecule has 0 atom stereocenters. The molecule has 2 aromatic carbocycles. The third-order valence-corrected chi connectivity index (χ3v) is 4.10. The molecule has 0 heterocycles. The van der Waals surface area contributed by atoms with E-state index in [4.69, 9.17) is 23.2 Å². The summed E-state index contributed by atoms with van der Waals surface area (Å²) >= 11 is 12.0. The van der Waals surface area contributed by atoms with E-state index in [1.165, 1.54) is 6.08 Å². The van der Waals surface area contributed by atoms with Gasteiger partial charge in [-0.1, -0.05) is 41.4 Å². The van der Waals surface area contributed by atoms with Crippen LogP contribution in [0.25, 0.3) is 6.08 Å². The Kier molecular flexibility index (Phi) is 5.86. The van der Waals surface area contributed by atoms with Gasteiger partial charge in [0.1, 0.15) is 11.6 Å². The van der Waals surface area contributed by atoms with Crippen molar-refractivity contribution in [2.45, 2.75) is 0 Å². The minimum Gasteiger partial charge on any atom is -0.378 e. The molecule has 122 valence electrons. The van der Waals surface area contributed by atoms with E-state index in [0.29, 0.717) is 10.7 Å². The van der Waals surface area contributed by atoms with Gasteiger partial charge in [-0.15, -0.1) is 0 Å². The van der Waals surface area contributed by atoms with Crippen molar-refractivity contribution in [1.82, 2.24) is 0 Å². The zero-order valence-electron chi connectivity index (χ0n) is 13.2. The van der Waals surface area contributed by atoms with Crippen LogP contribution in [0.3, 0.4) is 0 Å². The summed E-state index contributed by atoms with van der Waals surface area (Å²) in [5.74, 6) is -0.543. The van der Waals surface area contributed by atoms with Gasteiger partial charge in [-0.25, -0.2) is 0 Å². The first-order valence-electron chi connectivity index (χ1n) is 7.07. The van der Waals surface area contributed by atoms with E-state index in [-0.39, 0.29) is 10.6 Å². The quantitative estimate of drug-likeness (QED) is 0.640. The second kappa shape index (κ2) is 7.87. The summed E-state index contributed by atoms with van der Waals surface area (Å²) in [5.41, 5.74) is 2.12. The van der Waals surface area contributed by atoms with Crippen LogP contribution in [0.15, 0.2) is 48.0 Å². The number of nitriles is 1. The fraction of sp³-hybridized carbons (Fsp3) is 0.111. The van der Waals surface area contributed by atoms with Crippen LogP contribution in [0, 0.1) is 11.3 Å². The highest BCUT2D eigenvalue weighted by molar-refractivity contribution is 6.44. The Labute approximate surface area is 150 Å². The maximum absolute atomic E-state index is 12.3. The van der Waals surface area contributed by atoms with E-state index >= 15 is 0 Å². The Morgan fingerprint density at radius 1 is 1.17 bits per heavy atom. The molecule has 2 rings (SSSR count). The predicted octanol–water partition coefficient (Wildman–Crippen LogP) is 4.61. The second-order valence-electron chi connectivity index (χ2n) is 5.21. The Hall–Kier alpha value is -2.48. The molecule has 4 nitrogen and oxygen atoms in total. The number of carbonyl (C=O) groups is 1. The van der Waals surface area contributed by atoms with Crippen LogP contribution < -0.4 is 10.2 Å². The summed E-state index contributed by atoms with van der Waals surface area (Å²) < 4.78 is 0. The monoisotopic (exact) mass is 359 g/mol. The van der Waals surface area contributed by atoms with Gasteiger partial charge < -0.3 is 10.2 Å². The van der Waals surface area contributed by atoms with E-state index in [1.807, 2.05) is 49.3 Å². The smallest absolute Gasteiger partial charge is 0.266 e. The predicted molar refractivity (Wildman–Crippen MR) is 99.5 cm³/mol. The molecule has 0 saturated carbocycles. The number of amides is 1. The standard InChI is InChI=1S/C18H15Cl2N3O/c1-23(2)14-8-6-12(7-9-14)10-13(11-21)18(24)22-16-5-3-4-15(19)17(16)20/h3-10H,1-2H3,(H,22,24). The van der Waals surface area contributed by atoms with E-state index in [0.717, 1.165) is 11.3 Å². The normalized spacial score (nSPS) is 10.9. The Morgan fingerprint density at radius 3 is 2.42 bits per heavy atom. The fourth-order valence-corrected chi connectivity index (χ4v) is 2.32. The van der Waals surface area contributed by atoms with Crippen LogP contribution in [-0.2, 0) is 4.79 Å². The van der Waals surface area contributed by atoms with Crippen LogP contribution in [0.2, 0.25) is 10.0 Å². The van der Waals surface area contributed by atoms with Crippen molar-refractivity contribution in [2.24, 2.45) is 0 Å². The third-order valence-electron chi connectivity index (χ3n) is 3.29. The van der Waals surface area contributed by atoms with Crippen molar-refractivity contribution >= 4 is 46.6 Å². The highest BCUT2D eigenvalue weighted by Crippen LogP contribution is 2.29. The minimum atomic E-state index is -0.543. The van der Waals surface area contributed by atoms with E-state index in [9.17, 15) is 10.1 Å². The molecule has 2 aromatic rings. The minimum absolute atomic E-state index is 0.0244. The SMILES string of the molecule is CN(C)c1ccc(C=C(C#N)C(=O)Nc2cccc(Cl)c2Cl)cc1. The maximum atomic E-state index is 12.3. The summed E-state index contributed by atoms with van der Waals surface area (Å²) in [5, 5.41) is 12.4. The van der Waals surface area contributed by atoms with Gasteiger partial charge in [0, 0.05) is 19.8 Å². The summed E-state index contributed by atoms with van der Waals surface area (Å²) in [6.07, 6.45) is 1.52. The lowest BCUT2D eigenvalue weighted by molar-refractivity contribution is -0.112. The summed E-state index contributed by atoms with van der Waals surface area (Å²) in [6, 6.07) is 14.3. The first kappa shape index (κ1) is 17.9. The van der Waals surface area contributed by atoms with Crippen molar-refractivity contribution in [1.29, 1.82) is 5.26 Å². The number of rotatable bonds is 4.